The Hall–Kier alpha value is -0.130. The van der Waals surface area contributed by atoms with Gasteiger partial charge in [0.1, 0.15) is 9.84 Å². The molecule has 23 heavy (non-hydrogen) atoms. The number of nitrogens with zero attached hydrogens (tertiary/aromatic N) is 1. The van der Waals surface area contributed by atoms with Crippen molar-refractivity contribution in [2.45, 2.75) is 32.3 Å². The van der Waals surface area contributed by atoms with Gasteiger partial charge >= 0.3 is 0 Å². The fraction of sp³-hybridized carbons (Fsp3) is 0.929. The van der Waals surface area contributed by atoms with Crippen LogP contribution in [0.2, 0.25) is 0 Å². The SMILES string of the molecule is CCNC(=NCCCOCC1CCCO1)NCCS(C)(=O)=O.I. The van der Waals surface area contributed by atoms with Gasteiger partial charge < -0.3 is 20.1 Å². The van der Waals surface area contributed by atoms with Gasteiger partial charge in [-0.15, -0.1) is 24.0 Å². The van der Waals surface area contributed by atoms with E-state index in [-0.39, 0.29) is 35.8 Å². The summed E-state index contributed by atoms with van der Waals surface area (Å²) in [6.07, 6.45) is 4.54. The Bertz CT molecular complexity index is 426. The summed E-state index contributed by atoms with van der Waals surface area (Å²) in [6.45, 7) is 5.88. The molecule has 2 N–H and O–H groups in total. The third-order valence-corrected chi connectivity index (χ3v) is 4.10. The first kappa shape index (κ1) is 22.9. The van der Waals surface area contributed by atoms with Crippen molar-refractivity contribution >= 4 is 39.8 Å². The van der Waals surface area contributed by atoms with Crippen LogP contribution in [0.3, 0.4) is 0 Å². The van der Waals surface area contributed by atoms with Gasteiger partial charge in [-0.05, 0) is 26.2 Å². The molecule has 0 amide bonds. The fourth-order valence-corrected chi connectivity index (χ4v) is 2.52. The van der Waals surface area contributed by atoms with Gasteiger partial charge in [0.15, 0.2) is 5.96 Å². The average Bonchev–Trinajstić information content (AvgIpc) is 2.94. The van der Waals surface area contributed by atoms with Crippen LogP contribution in [-0.2, 0) is 19.3 Å². The monoisotopic (exact) mass is 463 g/mol. The van der Waals surface area contributed by atoms with E-state index in [0.717, 1.165) is 32.4 Å². The smallest absolute Gasteiger partial charge is 0.191 e. The highest BCUT2D eigenvalue weighted by atomic mass is 127. The molecule has 1 heterocycles. The zero-order chi connectivity index (χ0) is 16.3. The number of rotatable bonds is 10. The van der Waals surface area contributed by atoms with E-state index in [1.807, 2.05) is 6.92 Å². The number of aliphatic imine (C=N–C) groups is 1. The molecule has 0 aromatic carbocycles. The van der Waals surface area contributed by atoms with Crippen LogP contribution in [0.5, 0.6) is 0 Å². The Labute approximate surface area is 156 Å². The second-order valence-electron chi connectivity index (χ2n) is 5.38. The standard InChI is InChI=1S/C14H29N3O4S.HI/c1-3-15-14(17-8-11-22(2,18)19)16-7-5-9-20-12-13-6-4-10-21-13;/h13H,3-12H2,1-2H3,(H2,15,16,17);1H. The van der Waals surface area contributed by atoms with Gasteiger partial charge in [-0.25, -0.2) is 8.42 Å². The first-order chi connectivity index (χ1) is 10.5. The summed E-state index contributed by atoms with van der Waals surface area (Å²) in [7, 11) is -2.95. The van der Waals surface area contributed by atoms with E-state index in [9.17, 15) is 8.42 Å². The minimum Gasteiger partial charge on any atom is -0.379 e. The van der Waals surface area contributed by atoms with Gasteiger partial charge in [-0.2, -0.15) is 0 Å². The first-order valence-electron chi connectivity index (χ1n) is 7.90. The number of nitrogens with one attached hydrogen (secondary N) is 2. The summed E-state index contributed by atoms with van der Waals surface area (Å²) in [6, 6.07) is 0. The van der Waals surface area contributed by atoms with E-state index in [1.54, 1.807) is 0 Å². The Morgan fingerprint density at radius 3 is 2.78 bits per heavy atom. The molecule has 1 aliphatic rings. The Kier molecular flexibility index (Phi) is 13.1. The molecule has 0 radical (unpaired) electrons. The van der Waals surface area contributed by atoms with Crippen LogP contribution in [0.15, 0.2) is 4.99 Å². The number of halogens is 1. The normalized spacial score (nSPS) is 18.5. The molecule has 0 aromatic rings. The Morgan fingerprint density at radius 1 is 1.39 bits per heavy atom. The van der Waals surface area contributed by atoms with Crippen LogP contribution in [0.1, 0.15) is 26.2 Å². The first-order valence-corrected chi connectivity index (χ1v) is 9.96. The van der Waals surface area contributed by atoms with E-state index in [2.05, 4.69) is 15.6 Å². The zero-order valence-corrected chi connectivity index (χ0v) is 17.2. The molecule has 0 saturated carbocycles. The zero-order valence-electron chi connectivity index (χ0n) is 14.0. The second-order valence-corrected chi connectivity index (χ2v) is 7.64. The molecule has 1 rings (SSSR count). The van der Waals surface area contributed by atoms with E-state index in [0.29, 0.717) is 32.3 Å². The van der Waals surface area contributed by atoms with Gasteiger partial charge in [-0.3, -0.25) is 4.99 Å². The maximum atomic E-state index is 11.1. The molecule has 1 unspecified atom stereocenters. The summed E-state index contributed by atoms with van der Waals surface area (Å²) in [5, 5.41) is 6.10. The minimum absolute atomic E-state index is 0. The third-order valence-electron chi connectivity index (χ3n) is 3.15. The fourth-order valence-electron chi connectivity index (χ4n) is 2.04. The molecular formula is C14H30IN3O4S. The second kappa shape index (κ2) is 13.2. The van der Waals surface area contributed by atoms with Crippen molar-refractivity contribution < 1.29 is 17.9 Å². The van der Waals surface area contributed by atoms with Crippen LogP contribution in [0.4, 0.5) is 0 Å². The molecule has 138 valence electrons. The van der Waals surface area contributed by atoms with Crippen LogP contribution in [0.25, 0.3) is 0 Å². The van der Waals surface area contributed by atoms with Gasteiger partial charge in [0.25, 0.3) is 0 Å². The number of ether oxygens (including phenoxy) is 2. The molecule has 0 aliphatic carbocycles. The molecule has 0 bridgehead atoms. The Balaban J connectivity index is 0.00000484. The molecule has 0 aromatic heterocycles. The van der Waals surface area contributed by atoms with Crippen molar-refractivity contribution in [3.8, 4) is 0 Å². The van der Waals surface area contributed by atoms with E-state index in [1.165, 1.54) is 6.26 Å². The lowest BCUT2D eigenvalue weighted by atomic mass is 10.2. The maximum Gasteiger partial charge on any atom is 0.191 e. The highest BCUT2D eigenvalue weighted by molar-refractivity contribution is 14.0. The summed E-state index contributed by atoms with van der Waals surface area (Å²) < 4.78 is 33.2. The highest BCUT2D eigenvalue weighted by Crippen LogP contribution is 2.11. The molecule has 1 aliphatic heterocycles. The summed E-state index contributed by atoms with van der Waals surface area (Å²) in [4.78, 5) is 4.39. The van der Waals surface area contributed by atoms with Crippen molar-refractivity contribution in [1.29, 1.82) is 0 Å². The number of sulfone groups is 1. The number of hydrogen-bond acceptors (Lipinski definition) is 5. The third kappa shape index (κ3) is 12.9. The van der Waals surface area contributed by atoms with Gasteiger partial charge in [0, 0.05) is 39.1 Å². The lowest BCUT2D eigenvalue weighted by molar-refractivity contribution is 0.0171. The van der Waals surface area contributed by atoms with Crippen LogP contribution < -0.4 is 10.6 Å². The molecule has 1 fully saturated rings. The van der Waals surface area contributed by atoms with Crippen molar-refractivity contribution in [3.05, 3.63) is 0 Å². The highest BCUT2D eigenvalue weighted by Gasteiger charge is 2.14. The van der Waals surface area contributed by atoms with E-state index < -0.39 is 9.84 Å². The van der Waals surface area contributed by atoms with Crippen molar-refractivity contribution in [2.24, 2.45) is 4.99 Å². The summed E-state index contributed by atoms with van der Waals surface area (Å²) >= 11 is 0. The predicted molar refractivity (Wildman–Crippen MR) is 104 cm³/mol. The van der Waals surface area contributed by atoms with E-state index in [4.69, 9.17) is 9.47 Å². The lowest BCUT2D eigenvalue weighted by Gasteiger charge is -2.11. The quantitative estimate of drug-likeness (QED) is 0.216. The largest absolute Gasteiger partial charge is 0.379 e. The topological polar surface area (TPSA) is 89.0 Å². The molecule has 1 saturated heterocycles. The number of hydrogen-bond donors (Lipinski definition) is 2. The van der Waals surface area contributed by atoms with Gasteiger partial charge in [0.2, 0.25) is 0 Å². The lowest BCUT2D eigenvalue weighted by Crippen LogP contribution is -2.39. The van der Waals surface area contributed by atoms with Gasteiger partial charge in [0.05, 0.1) is 18.5 Å². The van der Waals surface area contributed by atoms with Gasteiger partial charge in [-0.1, -0.05) is 0 Å². The summed E-state index contributed by atoms with van der Waals surface area (Å²) in [5.74, 6) is 0.743. The average molecular weight is 463 g/mol. The van der Waals surface area contributed by atoms with Crippen molar-refractivity contribution in [2.75, 3.05) is 51.5 Å². The predicted octanol–water partition coefficient (Wildman–Crippen LogP) is 0.790. The molecule has 1 atom stereocenters. The van der Waals surface area contributed by atoms with Crippen molar-refractivity contribution in [1.82, 2.24) is 10.6 Å². The number of guanidine groups is 1. The molecule has 0 spiro atoms. The maximum absolute atomic E-state index is 11.1. The van der Waals surface area contributed by atoms with E-state index >= 15 is 0 Å². The molecular weight excluding hydrogens is 433 g/mol. The summed E-state index contributed by atoms with van der Waals surface area (Å²) in [5.41, 5.74) is 0. The Morgan fingerprint density at radius 2 is 2.17 bits per heavy atom. The van der Waals surface area contributed by atoms with Crippen LogP contribution in [0, 0.1) is 0 Å². The van der Waals surface area contributed by atoms with Crippen molar-refractivity contribution in [3.63, 3.8) is 0 Å². The molecule has 9 heteroatoms. The van der Waals surface area contributed by atoms with Crippen LogP contribution in [-0.4, -0.2) is 71.9 Å². The van der Waals surface area contributed by atoms with Crippen LogP contribution >= 0.6 is 24.0 Å². The minimum atomic E-state index is -2.95. The molecule has 7 nitrogen and oxygen atoms in total.